The summed E-state index contributed by atoms with van der Waals surface area (Å²) in [6.45, 7) is 5.36. The van der Waals surface area contributed by atoms with Gasteiger partial charge < -0.3 is 24.4 Å². The second-order valence-electron chi connectivity index (χ2n) is 5.31. The van der Waals surface area contributed by atoms with Crippen molar-refractivity contribution >= 4 is 5.91 Å². The summed E-state index contributed by atoms with van der Waals surface area (Å²) >= 11 is 0. The molecule has 0 bridgehead atoms. The lowest BCUT2D eigenvalue weighted by Gasteiger charge is -2.11. The molecule has 0 aliphatic rings. The normalized spacial score (nSPS) is 10.6. The summed E-state index contributed by atoms with van der Waals surface area (Å²) < 4.78 is 16.2. The zero-order chi connectivity index (χ0) is 16.9. The molecule has 130 valence electrons. The second-order valence-corrected chi connectivity index (χ2v) is 5.31. The third kappa shape index (κ3) is 9.76. The summed E-state index contributed by atoms with van der Waals surface area (Å²) in [6.07, 6.45) is 0.923. The highest BCUT2D eigenvalue weighted by molar-refractivity contribution is 5.77. The molecule has 0 heterocycles. The number of hydrogen-bond acceptors (Lipinski definition) is 5. The minimum Gasteiger partial charge on any atom is -0.491 e. The van der Waals surface area contributed by atoms with Crippen LogP contribution in [0, 0.1) is 0 Å². The van der Waals surface area contributed by atoms with Crippen LogP contribution in [0.3, 0.4) is 0 Å². The van der Waals surface area contributed by atoms with Crippen LogP contribution in [-0.4, -0.2) is 64.4 Å². The summed E-state index contributed by atoms with van der Waals surface area (Å²) in [4.78, 5) is 13.7. The first-order valence-electron chi connectivity index (χ1n) is 7.96. The monoisotopic (exact) mass is 324 g/mol. The first kappa shape index (κ1) is 19.3. The standard InChI is InChI=1S/C17H28N2O4/c1-4-21-12-13-22-15-6-8-16(9-7-15)23-14-17(20)18-10-5-11-19(2)3/h6-9H,4-5,10-14H2,1-3H3,(H,18,20). The topological polar surface area (TPSA) is 60.0 Å². The largest absolute Gasteiger partial charge is 0.491 e. The summed E-state index contributed by atoms with van der Waals surface area (Å²) in [7, 11) is 4.02. The Morgan fingerprint density at radius 1 is 1.09 bits per heavy atom. The van der Waals surface area contributed by atoms with E-state index in [-0.39, 0.29) is 12.5 Å². The van der Waals surface area contributed by atoms with Gasteiger partial charge in [0.1, 0.15) is 18.1 Å². The van der Waals surface area contributed by atoms with Crippen molar-refractivity contribution in [3.63, 3.8) is 0 Å². The molecule has 1 N–H and O–H groups in total. The van der Waals surface area contributed by atoms with E-state index in [9.17, 15) is 4.79 Å². The zero-order valence-electron chi connectivity index (χ0n) is 14.3. The number of ether oxygens (including phenoxy) is 3. The molecule has 1 aromatic carbocycles. The predicted octanol–water partition coefficient (Wildman–Crippen LogP) is 1.55. The Labute approximate surface area is 138 Å². The fraction of sp³-hybridized carbons (Fsp3) is 0.588. The summed E-state index contributed by atoms with van der Waals surface area (Å²) in [5, 5.41) is 2.83. The summed E-state index contributed by atoms with van der Waals surface area (Å²) in [5.41, 5.74) is 0. The van der Waals surface area contributed by atoms with E-state index < -0.39 is 0 Å². The van der Waals surface area contributed by atoms with Crippen molar-refractivity contribution in [2.24, 2.45) is 0 Å². The van der Waals surface area contributed by atoms with Gasteiger partial charge in [0.05, 0.1) is 6.61 Å². The molecule has 0 aliphatic carbocycles. The van der Waals surface area contributed by atoms with Gasteiger partial charge in [-0.05, 0) is 58.3 Å². The van der Waals surface area contributed by atoms with Crippen LogP contribution in [-0.2, 0) is 9.53 Å². The van der Waals surface area contributed by atoms with Crippen molar-refractivity contribution in [2.45, 2.75) is 13.3 Å². The highest BCUT2D eigenvalue weighted by Crippen LogP contribution is 2.17. The maximum Gasteiger partial charge on any atom is 0.257 e. The number of rotatable bonds is 12. The number of benzene rings is 1. The van der Waals surface area contributed by atoms with Crippen LogP contribution in [0.1, 0.15) is 13.3 Å². The third-order valence-electron chi connectivity index (χ3n) is 3.00. The first-order valence-corrected chi connectivity index (χ1v) is 7.96. The van der Waals surface area contributed by atoms with Crippen molar-refractivity contribution in [1.82, 2.24) is 10.2 Å². The van der Waals surface area contributed by atoms with Gasteiger partial charge in [-0.1, -0.05) is 0 Å². The Kier molecular flexibility index (Phi) is 9.83. The van der Waals surface area contributed by atoms with Crippen LogP contribution in [0.4, 0.5) is 0 Å². The maximum absolute atomic E-state index is 11.6. The van der Waals surface area contributed by atoms with E-state index in [1.54, 1.807) is 12.1 Å². The van der Waals surface area contributed by atoms with Gasteiger partial charge in [-0.2, -0.15) is 0 Å². The maximum atomic E-state index is 11.6. The van der Waals surface area contributed by atoms with Crippen LogP contribution in [0.25, 0.3) is 0 Å². The average Bonchev–Trinajstić information content (AvgIpc) is 2.54. The summed E-state index contributed by atoms with van der Waals surface area (Å²) in [5.74, 6) is 1.29. The molecular formula is C17H28N2O4. The Bertz CT molecular complexity index is 435. The molecular weight excluding hydrogens is 296 g/mol. The van der Waals surface area contributed by atoms with E-state index >= 15 is 0 Å². The van der Waals surface area contributed by atoms with Crippen molar-refractivity contribution in [1.29, 1.82) is 0 Å². The van der Waals surface area contributed by atoms with Crippen LogP contribution in [0.5, 0.6) is 11.5 Å². The molecule has 0 saturated carbocycles. The highest BCUT2D eigenvalue weighted by Gasteiger charge is 2.03. The molecule has 0 unspecified atom stereocenters. The minimum absolute atomic E-state index is 0.0203. The van der Waals surface area contributed by atoms with E-state index in [0.29, 0.717) is 32.1 Å². The van der Waals surface area contributed by atoms with E-state index in [1.807, 2.05) is 33.2 Å². The molecule has 1 amide bonds. The Morgan fingerprint density at radius 2 is 1.74 bits per heavy atom. The van der Waals surface area contributed by atoms with E-state index in [0.717, 1.165) is 18.7 Å². The molecule has 0 aromatic heterocycles. The molecule has 0 spiro atoms. The number of nitrogens with one attached hydrogen (secondary N) is 1. The van der Waals surface area contributed by atoms with Gasteiger partial charge in [-0.15, -0.1) is 0 Å². The van der Waals surface area contributed by atoms with E-state index in [1.165, 1.54) is 0 Å². The second kappa shape index (κ2) is 11.7. The molecule has 23 heavy (non-hydrogen) atoms. The van der Waals surface area contributed by atoms with Gasteiger partial charge in [-0.3, -0.25) is 4.79 Å². The molecule has 0 radical (unpaired) electrons. The van der Waals surface area contributed by atoms with Crippen LogP contribution >= 0.6 is 0 Å². The number of carbonyl (C=O) groups excluding carboxylic acids is 1. The molecule has 0 fully saturated rings. The molecule has 0 atom stereocenters. The van der Waals surface area contributed by atoms with Gasteiger partial charge in [0.25, 0.3) is 5.91 Å². The minimum atomic E-state index is -0.110. The van der Waals surface area contributed by atoms with Crippen molar-refractivity contribution in [2.75, 3.05) is 53.6 Å². The Morgan fingerprint density at radius 3 is 2.35 bits per heavy atom. The lowest BCUT2D eigenvalue weighted by atomic mass is 10.3. The van der Waals surface area contributed by atoms with Crippen LogP contribution in [0.2, 0.25) is 0 Å². The molecule has 6 nitrogen and oxygen atoms in total. The van der Waals surface area contributed by atoms with Gasteiger partial charge in [-0.25, -0.2) is 0 Å². The third-order valence-corrected chi connectivity index (χ3v) is 3.00. The van der Waals surface area contributed by atoms with Gasteiger partial charge in [0.15, 0.2) is 6.61 Å². The lowest BCUT2D eigenvalue weighted by Crippen LogP contribution is -2.31. The quantitative estimate of drug-likeness (QED) is 0.591. The van der Waals surface area contributed by atoms with Crippen molar-refractivity contribution < 1.29 is 19.0 Å². The van der Waals surface area contributed by atoms with Crippen LogP contribution < -0.4 is 14.8 Å². The molecule has 1 rings (SSSR count). The van der Waals surface area contributed by atoms with Crippen molar-refractivity contribution in [3.05, 3.63) is 24.3 Å². The van der Waals surface area contributed by atoms with Gasteiger partial charge in [0, 0.05) is 13.2 Å². The molecule has 1 aromatic rings. The fourth-order valence-corrected chi connectivity index (χ4v) is 1.82. The highest BCUT2D eigenvalue weighted by atomic mass is 16.5. The first-order chi connectivity index (χ1) is 11.1. The predicted molar refractivity (Wildman–Crippen MR) is 90.1 cm³/mol. The lowest BCUT2D eigenvalue weighted by molar-refractivity contribution is -0.123. The molecule has 0 saturated heterocycles. The summed E-state index contributed by atoms with van der Waals surface area (Å²) in [6, 6.07) is 7.21. The number of carbonyl (C=O) groups is 1. The van der Waals surface area contributed by atoms with Gasteiger partial charge in [0.2, 0.25) is 0 Å². The Balaban J connectivity index is 2.18. The number of hydrogen-bond donors (Lipinski definition) is 1. The average molecular weight is 324 g/mol. The van der Waals surface area contributed by atoms with Crippen molar-refractivity contribution in [3.8, 4) is 11.5 Å². The van der Waals surface area contributed by atoms with Crippen LogP contribution in [0.15, 0.2) is 24.3 Å². The van der Waals surface area contributed by atoms with E-state index in [2.05, 4.69) is 10.2 Å². The number of nitrogens with zero attached hydrogens (tertiary/aromatic N) is 1. The smallest absolute Gasteiger partial charge is 0.257 e. The molecule has 0 aliphatic heterocycles. The zero-order valence-corrected chi connectivity index (χ0v) is 14.3. The fourth-order valence-electron chi connectivity index (χ4n) is 1.82. The van der Waals surface area contributed by atoms with E-state index in [4.69, 9.17) is 14.2 Å². The Hall–Kier alpha value is -1.79. The molecule has 6 heteroatoms. The van der Waals surface area contributed by atoms with Gasteiger partial charge >= 0.3 is 0 Å². The number of amides is 1. The SMILES string of the molecule is CCOCCOc1ccc(OCC(=O)NCCCN(C)C)cc1.